The minimum Gasteiger partial charge on any atom is -0.459 e. The molecule has 0 unspecified atom stereocenters. The van der Waals surface area contributed by atoms with E-state index in [1.54, 1.807) is 6.92 Å². The van der Waals surface area contributed by atoms with Gasteiger partial charge in [-0.1, -0.05) is 6.92 Å². The summed E-state index contributed by atoms with van der Waals surface area (Å²) in [5.41, 5.74) is 0.673. The third kappa shape index (κ3) is 3.54. The molecular weight excluding hydrogens is 320 g/mol. The summed E-state index contributed by atoms with van der Waals surface area (Å²) < 4.78 is 28.2. The Balaban J connectivity index is 2.09. The first-order valence-electron chi connectivity index (χ1n) is 6.52. The lowest BCUT2D eigenvalue weighted by Gasteiger charge is -2.25. The van der Waals surface area contributed by atoms with Crippen molar-refractivity contribution in [1.82, 2.24) is 0 Å². The van der Waals surface area contributed by atoms with Crippen molar-refractivity contribution in [3.05, 3.63) is 16.5 Å². The van der Waals surface area contributed by atoms with Crippen LogP contribution < -0.4 is 0 Å². The van der Waals surface area contributed by atoms with Crippen LogP contribution in [0.3, 0.4) is 0 Å². The summed E-state index contributed by atoms with van der Waals surface area (Å²) in [5.74, 6) is 0.227. The lowest BCUT2D eigenvalue weighted by molar-refractivity contribution is 0.0173. The fourth-order valence-electron chi connectivity index (χ4n) is 2.40. The van der Waals surface area contributed by atoms with Gasteiger partial charge in [0.25, 0.3) is 9.05 Å². The fourth-order valence-corrected chi connectivity index (χ4v) is 4.94. The molecule has 1 aliphatic rings. The molecule has 0 spiro atoms. The Labute approximate surface area is 127 Å². The quantitative estimate of drug-likeness (QED) is 0.623. The number of carbonyl (C=O) groups excluding carboxylic acids is 1. The summed E-state index contributed by atoms with van der Waals surface area (Å²) in [6, 6.07) is 0. The molecule has 0 radical (unpaired) electrons. The van der Waals surface area contributed by atoms with Gasteiger partial charge in [-0.15, -0.1) is 11.3 Å². The van der Waals surface area contributed by atoms with Crippen molar-refractivity contribution in [2.24, 2.45) is 5.92 Å². The van der Waals surface area contributed by atoms with Gasteiger partial charge in [-0.3, -0.25) is 0 Å². The standard InChI is InChI=1S/C13H17ClO4S2/c1-8-3-5-10(6-4-8)18-12(15)11-7-19-13(9(11)2)20(14,16)17/h7-8,10H,3-6H2,1-2H3. The molecule has 1 fully saturated rings. The van der Waals surface area contributed by atoms with Gasteiger partial charge >= 0.3 is 5.97 Å². The zero-order valence-corrected chi connectivity index (χ0v) is 13.8. The highest BCUT2D eigenvalue weighted by Crippen LogP contribution is 2.31. The maximum atomic E-state index is 12.1. The fraction of sp³-hybridized carbons (Fsp3) is 0.615. The molecule has 0 bridgehead atoms. The summed E-state index contributed by atoms with van der Waals surface area (Å²) in [5, 5.41) is 1.50. The monoisotopic (exact) mass is 336 g/mol. The number of hydrogen-bond acceptors (Lipinski definition) is 5. The lowest BCUT2D eigenvalue weighted by atomic mass is 9.89. The molecule has 112 valence electrons. The largest absolute Gasteiger partial charge is 0.459 e. The van der Waals surface area contributed by atoms with Crippen LogP contribution in [0.2, 0.25) is 0 Å². The van der Waals surface area contributed by atoms with Crippen LogP contribution in [-0.2, 0) is 13.8 Å². The van der Waals surface area contributed by atoms with Gasteiger partial charge in [-0.2, -0.15) is 0 Å². The highest BCUT2D eigenvalue weighted by Gasteiger charge is 2.26. The molecule has 7 heteroatoms. The number of carbonyl (C=O) groups is 1. The SMILES string of the molecule is Cc1c(C(=O)OC2CCC(C)CC2)csc1S(=O)(=O)Cl. The lowest BCUT2D eigenvalue weighted by Crippen LogP contribution is -2.23. The molecule has 4 nitrogen and oxygen atoms in total. The van der Waals surface area contributed by atoms with Crippen LogP contribution >= 0.6 is 22.0 Å². The molecule has 2 rings (SSSR count). The summed E-state index contributed by atoms with van der Waals surface area (Å²) in [4.78, 5) is 12.1. The van der Waals surface area contributed by atoms with Crippen LogP contribution in [-0.4, -0.2) is 20.5 Å². The Hall–Kier alpha value is -0.590. The number of hydrogen-bond donors (Lipinski definition) is 0. The maximum absolute atomic E-state index is 12.1. The van der Waals surface area contributed by atoms with Gasteiger partial charge in [0.2, 0.25) is 0 Å². The average Bonchev–Trinajstić information content (AvgIpc) is 2.74. The third-order valence-electron chi connectivity index (χ3n) is 3.67. The molecule has 0 aromatic carbocycles. The smallest absolute Gasteiger partial charge is 0.339 e. The first kappa shape index (κ1) is 15.8. The first-order chi connectivity index (χ1) is 9.29. The minimum atomic E-state index is -3.80. The van der Waals surface area contributed by atoms with Gasteiger partial charge in [0.15, 0.2) is 0 Å². The molecule has 1 aliphatic carbocycles. The van der Waals surface area contributed by atoms with Crippen molar-refractivity contribution in [3.8, 4) is 0 Å². The molecule has 1 heterocycles. The Kier molecular flexibility index (Phi) is 4.76. The second-order valence-corrected chi connectivity index (χ2v) is 8.93. The molecule has 0 atom stereocenters. The van der Waals surface area contributed by atoms with E-state index in [-0.39, 0.29) is 10.3 Å². The van der Waals surface area contributed by atoms with Crippen LogP contribution in [0, 0.1) is 12.8 Å². The molecule has 1 saturated carbocycles. The van der Waals surface area contributed by atoms with E-state index in [1.807, 2.05) is 0 Å². The molecule has 0 amide bonds. The number of rotatable bonds is 3. The Morgan fingerprint density at radius 2 is 1.95 bits per heavy atom. The first-order valence-corrected chi connectivity index (χ1v) is 9.71. The van der Waals surface area contributed by atoms with Crippen molar-refractivity contribution >= 4 is 37.0 Å². The summed E-state index contributed by atoms with van der Waals surface area (Å²) in [6.45, 7) is 3.77. The van der Waals surface area contributed by atoms with E-state index >= 15 is 0 Å². The normalized spacial score (nSPS) is 23.6. The molecular formula is C13H17ClO4S2. The molecule has 0 N–H and O–H groups in total. The van der Waals surface area contributed by atoms with Crippen LogP contribution in [0.15, 0.2) is 9.59 Å². The third-order valence-corrected chi connectivity index (χ3v) is 6.98. The van der Waals surface area contributed by atoms with Crippen molar-refractivity contribution in [1.29, 1.82) is 0 Å². The van der Waals surface area contributed by atoms with Gasteiger partial charge in [-0.25, -0.2) is 13.2 Å². The van der Waals surface area contributed by atoms with E-state index < -0.39 is 15.0 Å². The molecule has 0 aliphatic heterocycles. The summed E-state index contributed by atoms with van der Waals surface area (Å²) >= 11 is 0.953. The second-order valence-electron chi connectivity index (χ2n) is 5.29. The van der Waals surface area contributed by atoms with Crippen molar-refractivity contribution in [2.75, 3.05) is 0 Å². The van der Waals surface area contributed by atoms with Crippen molar-refractivity contribution in [3.63, 3.8) is 0 Å². The Morgan fingerprint density at radius 1 is 1.35 bits per heavy atom. The van der Waals surface area contributed by atoms with E-state index in [0.717, 1.165) is 37.0 Å². The van der Waals surface area contributed by atoms with E-state index in [0.29, 0.717) is 17.0 Å². The molecule has 20 heavy (non-hydrogen) atoms. The minimum absolute atomic E-state index is 0.0170. The van der Waals surface area contributed by atoms with Crippen molar-refractivity contribution < 1.29 is 17.9 Å². The van der Waals surface area contributed by atoms with Crippen LogP contribution in [0.5, 0.6) is 0 Å². The predicted molar refractivity (Wildman–Crippen MR) is 78.9 cm³/mol. The van der Waals surface area contributed by atoms with Crippen LogP contribution in [0.1, 0.15) is 48.5 Å². The van der Waals surface area contributed by atoms with Gasteiger partial charge in [0.1, 0.15) is 10.3 Å². The number of esters is 1. The molecule has 1 aromatic rings. The van der Waals surface area contributed by atoms with E-state index in [1.165, 1.54) is 5.38 Å². The Bertz CT molecular complexity index is 598. The van der Waals surface area contributed by atoms with Crippen LogP contribution in [0.4, 0.5) is 0 Å². The highest BCUT2D eigenvalue weighted by atomic mass is 35.7. The summed E-state index contributed by atoms with van der Waals surface area (Å²) in [7, 11) is 1.52. The Morgan fingerprint density at radius 3 is 2.45 bits per heavy atom. The van der Waals surface area contributed by atoms with Gasteiger partial charge in [-0.05, 0) is 44.1 Å². The number of thiophene rings is 1. The van der Waals surface area contributed by atoms with Crippen LogP contribution in [0.25, 0.3) is 0 Å². The van der Waals surface area contributed by atoms with E-state index in [9.17, 15) is 13.2 Å². The predicted octanol–water partition coefficient (Wildman–Crippen LogP) is 3.72. The average molecular weight is 337 g/mol. The second kappa shape index (κ2) is 6.03. The maximum Gasteiger partial charge on any atom is 0.339 e. The topological polar surface area (TPSA) is 60.4 Å². The molecule has 0 saturated heterocycles. The zero-order valence-electron chi connectivity index (χ0n) is 11.4. The zero-order chi connectivity index (χ0) is 14.9. The number of ether oxygens (including phenoxy) is 1. The highest BCUT2D eigenvalue weighted by molar-refractivity contribution is 8.15. The number of halogens is 1. The van der Waals surface area contributed by atoms with Crippen molar-refractivity contribution in [2.45, 2.75) is 49.8 Å². The summed E-state index contributed by atoms with van der Waals surface area (Å²) in [6.07, 6.45) is 3.80. The van der Waals surface area contributed by atoms with Gasteiger partial charge in [0, 0.05) is 16.1 Å². The van der Waals surface area contributed by atoms with E-state index in [4.69, 9.17) is 15.4 Å². The van der Waals surface area contributed by atoms with Gasteiger partial charge in [0.05, 0.1) is 5.56 Å². The molecule has 1 aromatic heterocycles. The van der Waals surface area contributed by atoms with E-state index in [2.05, 4.69) is 6.92 Å². The van der Waals surface area contributed by atoms with Gasteiger partial charge < -0.3 is 4.74 Å².